The maximum absolute atomic E-state index is 12.3. The van der Waals surface area contributed by atoms with Crippen molar-refractivity contribution in [3.8, 4) is 0 Å². The molecule has 1 aromatic carbocycles. The zero-order valence-electron chi connectivity index (χ0n) is 13.0. The summed E-state index contributed by atoms with van der Waals surface area (Å²) in [6, 6.07) is 4.93. The molecule has 1 atom stereocenters. The van der Waals surface area contributed by atoms with E-state index in [0.29, 0.717) is 42.6 Å². The van der Waals surface area contributed by atoms with E-state index in [2.05, 4.69) is 10.2 Å². The molecule has 0 radical (unpaired) electrons. The Morgan fingerprint density at radius 2 is 1.71 bits per heavy atom. The molecule has 1 N–H and O–H groups in total. The quantitative estimate of drug-likeness (QED) is 0.836. The summed E-state index contributed by atoms with van der Waals surface area (Å²) < 4.78 is 22.9. The number of hydrogen-bond donors (Lipinski definition) is 1. The van der Waals surface area contributed by atoms with Gasteiger partial charge in [-0.05, 0) is 24.6 Å². The Kier molecular flexibility index (Phi) is 5.13. The van der Waals surface area contributed by atoms with Crippen LogP contribution in [0.2, 0.25) is 10.0 Å². The number of amides is 2. The molecule has 2 fully saturated rings. The lowest BCUT2D eigenvalue weighted by Crippen LogP contribution is -2.53. The molecule has 0 aromatic heterocycles. The minimum Gasteiger partial charge on any atom is -0.368 e. The fourth-order valence-electron chi connectivity index (χ4n) is 3.06. The predicted octanol–water partition coefficient (Wildman–Crippen LogP) is 2.01. The third-order valence-corrected chi connectivity index (χ3v) is 6.54. The Balaban J connectivity index is 1.54. The molecule has 6 nitrogen and oxygen atoms in total. The maximum Gasteiger partial charge on any atom is 0.317 e. The summed E-state index contributed by atoms with van der Waals surface area (Å²) in [4.78, 5) is 16.1. The average molecular weight is 392 g/mol. The normalized spacial score (nSPS) is 23.3. The van der Waals surface area contributed by atoms with E-state index >= 15 is 0 Å². The number of nitrogens with one attached hydrogen (secondary N) is 1. The van der Waals surface area contributed by atoms with Crippen LogP contribution in [0.1, 0.15) is 6.42 Å². The van der Waals surface area contributed by atoms with Crippen LogP contribution < -0.4 is 10.2 Å². The molecule has 132 valence electrons. The zero-order valence-corrected chi connectivity index (χ0v) is 15.4. The van der Waals surface area contributed by atoms with E-state index in [1.807, 2.05) is 12.1 Å². The number of benzene rings is 1. The Morgan fingerprint density at radius 1 is 1.08 bits per heavy atom. The Bertz CT molecular complexity index is 713. The fraction of sp³-hybridized carbons (Fsp3) is 0.533. The van der Waals surface area contributed by atoms with Crippen molar-refractivity contribution < 1.29 is 13.2 Å². The molecule has 0 aliphatic carbocycles. The van der Waals surface area contributed by atoms with Crippen molar-refractivity contribution >= 4 is 44.8 Å². The SMILES string of the molecule is O=C(NC1CCS(=O)(=O)C1)N1CCN(c2cc(Cl)cc(Cl)c2)CC1. The number of hydrogen-bond acceptors (Lipinski definition) is 4. The molecule has 2 saturated heterocycles. The molecule has 1 unspecified atom stereocenters. The highest BCUT2D eigenvalue weighted by Gasteiger charge is 2.31. The first kappa shape index (κ1) is 17.6. The van der Waals surface area contributed by atoms with Crippen LogP contribution >= 0.6 is 23.2 Å². The predicted molar refractivity (Wildman–Crippen MR) is 95.8 cm³/mol. The molecule has 9 heteroatoms. The number of carbonyl (C=O) groups is 1. The molecule has 0 spiro atoms. The molecular formula is C15H19Cl2N3O3S. The zero-order chi connectivity index (χ0) is 17.3. The monoisotopic (exact) mass is 391 g/mol. The summed E-state index contributed by atoms with van der Waals surface area (Å²) in [6.45, 7) is 2.48. The summed E-state index contributed by atoms with van der Waals surface area (Å²) in [6.07, 6.45) is 0.495. The second-order valence-electron chi connectivity index (χ2n) is 6.15. The average Bonchev–Trinajstić information content (AvgIpc) is 2.85. The minimum atomic E-state index is -2.99. The van der Waals surface area contributed by atoms with Crippen molar-refractivity contribution in [3.05, 3.63) is 28.2 Å². The third kappa shape index (κ3) is 4.26. The second kappa shape index (κ2) is 6.98. The fourth-order valence-corrected chi connectivity index (χ4v) is 5.25. The van der Waals surface area contributed by atoms with Gasteiger partial charge in [0.1, 0.15) is 0 Å². The molecule has 2 aliphatic heterocycles. The molecule has 24 heavy (non-hydrogen) atoms. The number of carbonyl (C=O) groups excluding carboxylic acids is 1. The first-order chi connectivity index (χ1) is 11.3. The lowest BCUT2D eigenvalue weighted by Gasteiger charge is -2.36. The van der Waals surface area contributed by atoms with Crippen molar-refractivity contribution in [1.82, 2.24) is 10.2 Å². The molecule has 0 bridgehead atoms. The lowest BCUT2D eigenvalue weighted by atomic mass is 10.2. The minimum absolute atomic E-state index is 0.0414. The highest BCUT2D eigenvalue weighted by molar-refractivity contribution is 7.91. The Morgan fingerprint density at radius 3 is 2.25 bits per heavy atom. The van der Waals surface area contributed by atoms with E-state index in [9.17, 15) is 13.2 Å². The number of nitrogens with zero attached hydrogens (tertiary/aromatic N) is 2. The smallest absolute Gasteiger partial charge is 0.317 e. The van der Waals surface area contributed by atoms with E-state index in [1.165, 1.54) is 0 Å². The van der Waals surface area contributed by atoms with Crippen LogP contribution in [0.4, 0.5) is 10.5 Å². The highest BCUT2D eigenvalue weighted by atomic mass is 35.5. The summed E-state index contributed by atoms with van der Waals surface area (Å²) in [5.74, 6) is 0.195. The van der Waals surface area contributed by atoms with Crippen molar-refractivity contribution in [2.45, 2.75) is 12.5 Å². The van der Waals surface area contributed by atoms with Gasteiger partial charge in [-0.15, -0.1) is 0 Å². The van der Waals surface area contributed by atoms with Gasteiger partial charge in [-0.2, -0.15) is 0 Å². The van der Waals surface area contributed by atoms with E-state index in [1.54, 1.807) is 11.0 Å². The van der Waals surface area contributed by atoms with Crippen molar-refractivity contribution in [3.63, 3.8) is 0 Å². The highest BCUT2D eigenvalue weighted by Crippen LogP contribution is 2.26. The Hall–Kier alpha value is -1.18. The molecule has 2 aliphatic rings. The van der Waals surface area contributed by atoms with Crippen molar-refractivity contribution in [1.29, 1.82) is 0 Å². The molecule has 3 rings (SSSR count). The van der Waals surface area contributed by atoms with Crippen molar-refractivity contribution in [2.24, 2.45) is 0 Å². The van der Waals surface area contributed by atoms with Gasteiger partial charge in [0.2, 0.25) is 0 Å². The molecule has 2 amide bonds. The number of halogens is 2. The first-order valence-electron chi connectivity index (χ1n) is 7.79. The lowest BCUT2D eigenvalue weighted by molar-refractivity contribution is 0.191. The third-order valence-electron chi connectivity index (χ3n) is 4.34. The summed E-state index contributed by atoms with van der Waals surface area (Å²) in [7, 11) is -2.99. The Labute approximate surface area is 151 Å². The molecule has 0 saturated carbocycles. The molecular weight excluding hydrogens is 373 g/mol. The van der Waals surface area contributed by atoms with Gasteiger partial charge in [-0.25, -0.2) is 13.2 Å². The van der Waals surface area contributed by atoms with Crippen LogP contribution in [0.5, 0.6) is 0 Å². The summed E-state index contributed by atoms with van der Waals surface area (Å²) >= 11 is 12.1. The molecule has 1 aromatic rings. The standard InChI is InChI=1S/C15H19Cl2N3O3S/c16-11-7-12(17)9-14(8-11)19-2-4-20(5-3-19)15(21)18-13-1-6-24(22,23)10-13/h7-9,13H,1-6,10H2,(H,18,21). The van der Waals surface area contributed by atoms with Gasteiger partial charge in [0, 0.05) is 48.0 Å². The van der Waals surface area contributed by atoms with E-state index < -0.39 is 9.84 Å². The largest absolute Gasteiger partial charge is 0.368 e. The maximum atomic E-state index is 12.3. The van der Waals surface area contributed by atoms with Gasteiger partial charge in [-0.1, -0.05) is 23.2 Å². The van der Waals surface area contributed by atoms with Crippen LogP contribution in [-0.2, 0) is 9.84 Å². The van der Waals surface area contributed by atoms with Crippen molar-refractivity contribution in [2.75, 3.05) is 42.6 Å². The number of sulfone groups is 1. The number of piperazine rings is 1. The first-order valence-corrected chi connectivity index (χ1v) is 10.4. The van der Waals surface area contributed by atoms with Gasteiger partial charge >= 0.3 is 6.03 Å². The topological polar surface area (TPSA) is 69.7 Å². The van der Waals surface area contributed by atoms with E-state index in [0.717, 1.165) is 5.69 Å². The van der Waals surface area contributed by atoms with Gasteiger partial charge in [-0.3, -0.25) is 0 Å². The van der Waals surface area contributed by atoms with Gasteiger partial charge in [0.15, 0.2) is 9.84 Å². The van der Waals surface area contributed by atoms with Crippen LogP contribution in [-0.4, -0.2) is 63.1 Å². The summed E-state index contributed by atoms with van der Waals surface area (Å²) in [5.41, 5.74) is 0.939. The summed E-state index contributed by atoms with van der Waals surface area (Å²) in [5, 5.41) is 3.99. The van der Waals surface area contributed by atoms with Crippen LogP contribution in [0.15, 0.2) is 18.2 Å². The van der Waals surface area contributed by atoms with E-state index in [-0.39, 0.29) is 23.6 Å². The van der Waals surface area contributed by atoms with E-state index in [4.69, 9.17) is 23.2 Å². The number of urea groups is 1. The van der Waals surface area contributed by atoms with Gasteiger partial charge in [0.05, 0.1) is 11.5 Å². The molecule has 2 heterocycles. The number of anilines is 1. The van der Waals surface area contributed by atoms with Crippen LogP contribution in [0.25, 0.3) is 0 Å². The van der Waals surface area contributed by atoms with Crippen LogP contribution in [0, 0.1) is 0 Å². The van der Waals surface area contributed by atoms with Crippen LogP contribution in [0.3, 0.4) is 0 Å². The van der Waals surface area contributed by atoms with Gasteiger partial charge in [0.25, 0.3) is 0 Å². The van der Waals surface area contributed by atoms with Gasteiger partial charge < -0.3 is 15.1 Å². The number of rotatable bonds is 2. The second-order valence-corrected chi connectivity index (χ2v) is 9.25.